The molecule has 250 valence electrons. The molecule has 6 rings (SSSR count). The molecule has 1 saturated carbocycles. The van der Waals surface area contributed by atoms with Gasteiger partial charge in [-0.1, -0.05) is 6.42 Å². The molecule has 1 N–H and O–H groups in total. The quantitative estimate of drug-likeness (QED) is 0.362. The van der Waals surface area contributed by atoms with Gasteiger partial charge in [-0.25, -0.2) is 9.97 Å². The second-order valence-electron chi connectivity index (χ2n) is 14.2. The fraction of sp³-hybridized carbons (Fsp3) is 0.583. The number of piperidine rings is 1. The average Bonchev–Trinajstić information content (AvgIpc) is 3.45. The molecule has 2 saturated heterocycles. The Kier molecular flexibility index (Phi) is 10.1. The van der Waals surface area contributed by atoms with Crippen LogP contribution in [0, 0.1) is 17.2 Å². The van der Waals surface area contributed by atoms with Gasteiger partial charge >= 0.3 is 0 Å². The van der Waals surface area contributed by atoms with E-state index >= 15 is 0 Å². The molecule has 0 unspecified atom stereocenters. The summed E-state index contributed by atoms with van der Waals surface area (Å²) in [5.74, 6) is 0.980. The monoisotopic (exact) mass is 640 g/mol. The van der Waals surface area contributed by atoms with E-state index in [2.05, 4.69) is 56.4 Å². The van der Waals surface area contributed by atoms with Crippen molar-refractivity contribution in [3.63, 3.8) is 0 Å². The standard InChI is InChI=1S/C36H48N8O3/c1-36(2,3)43-19-17-42(18-20-43)34(46)28-11-13-29(14-12-28)44-31-23-32(47-22-21-41-15-5-4-6-16-41)38-25-30(31)39-35(44)40-33(45)27-9-7-26(24-37)8-10-27/h7-10,23,25,28-29H,4-6,11-22H2,1-3H3,(H,39,40,45). The fourth-order valence-electron chi connectivity index (χ4n) is 7.29. The first-order valence-electron chi connectivity index (χ1n) is 17.3. The SMILES string of the molecule is CC(C)(C)N1CCN(C(=O)C2CCC(n3c(NC(=O)c4ccc(C#N)cc4)nc4cnc(OCCN5CCCCC5)cc43)CC2)CC1. The van der Waals surface area contributed by atoms with Crippen molar-refractivity contribution in [2.24, 2.45) is 5.92 Å². The van der Waals surface area contributed by atoms with E-state index in [4.69, 9.17) is 15.0 Å². The first kappa shape index (κ1) is 32.9. The van der Waals surface area contributed by atoms with Crippen LogP contribution >= 0.6 is 0 Å². The molecule has 11 nitrogen and oxygen atoms in total. The molecule has 3 aliphatic rings. The molecule has 0 radical (unpaired) electrons. The number of nitrogens with zero attached hydrogens (tertiary/aromatic N) is 7. The summed E-state index contributed by atoms with van der Waals surface area (Å²) in [5.41, 5.74) is 2.59. The summed E-state index contributed by atoms with van der Waals surface area (Å²) in [6.45, 7) is 13.7. The number of piperazine rings is 1. The van der Waals surface area contributed by atoms with Crippen LogP contribution in [0.3, 0.4) is 0 Å². The summed E-state index contributed by atoms with van der Waals surface area (Å²) in [6.07, 6.45) is 8.67. The second kappa shape index (κ2) is 14.4. The van der Waals surface area contributed by atoms with Crippen LogP contribution in [0.15, 0.2) is 36.5 Å². The van der Waals surface area contributed by atoms with Gasteiger partial charge < -0.3 is 14.2 Å². The van der Waals surface area contributed by atoms with E-state index in [1.165, 1.54) is 19.3 Å². The lowest BCUT2D eigenvalue weighted by atomic mass is 9.84. The van der Waals surface area contributed by atoms with E-state index in [1.807, 2.05) is 6.07 Å². The number of ether oxygens (including phenoxy) is 1. The highest BCUT2D eigenvalue weighted by Crippen LogP contribution is 2.38. The number of carbonyl (C=O) groups excluding carboxylic acids is 2. The fourth-order valence-corrected chi connectivity index (χ4v) is 7.29. The van der Waals surface area contributed by atoms with Gasteiger partial charge in [0.2, 0.25) is 17.7 Å². The molecule has 4 heterocycles. The molecule has 47 heavy (non-hydrogen) atoms. The minimum Gasteiger partial charge on any atom is -0.476 e. The van der Waals surface area contributed by atoms with Crippen molar-refractivity contribution in [1.29, 1.82) is 5.26 Å². The number of anilines is 1. The Morgan fingerprint density at radius 3 is 2.34 bits per heavy atom. The van der Waals surface area contributed by atoms with E-state index in [1.54, 1.807) is 30.5 Å². The Labute approximate surface area is 277 Å². The smallest absolute Gasteiger partial charge is 0.257 e. The summed E-state index contributed by atoms with van der Waals surface area (Å²) in [5, 5.41) is 12.2. The number of nitrogens with one attached hydrogen (secondary N) is 1. The van der Waals surface area contributed by atoms with Crippen molar-refractivity contribution in [3.05, 3.63) is 47.7 Å². The number of imidazole rings is 1. The van der Waals surface area contributed by atoms with Crippen molar-refractivity contribution in [3.8, 4) is 11.9 Å². The first-order valence-corrected chi connectivity index (χ1v) is 17.3. The summed E-state index contributed by atoms with van der Waals surface area (Å²) in [6, 6.07) is 10.6. The molecule has 0 bridgehead atoms. The van der Waals surface area contributed by atoms with E-state index in [-0.39, 0.29) is 29.3 Å². The number of pyridine rings is 1. The largest absolute Gasteiger partial charge is 0.476 e. The first-order chi connectivity index (χ1) is 22.7. The minimum absolute atomic E-state index is 0.00857. The zero-order valence-corrected chi connectivity index (χ0v) is 28.1. The van der Waals surface area contributed by atoms with Crippen LogP contribution in [0.5, 0.6) is 5.88 Å². The Balaban J connectivity index is 1.18. The van der Waals surface area contributed by atoms with Gasteiger partial charge in [-0.05, 0) is 96.7 Å². The van der Waals surface area contributed by atoms with Crippen LogP contribution in [0.2, 0.25) is 0 Å². The number of aromatic nitrogens is 3. The third-order valence-electron chi connectivity index (χ3n) is 10.1. The molecule has 1 aromatic carbocycles. The molecule has 2 amide bonds. The summed E-state index contributed by atoms with van der Waals surface area (Å²) in [4.78, 5) is 43.2. The number of likely N-dealkylation sites (tertiary alicyclic amines) is 1. The van der Waals surface area contributed by atoms with Crippen LogP contribution in [0.4, 0.5) is 5.95 Å². The highest BCUT2D eigenvalue weighted by atomic mass is 16.5. The van der Waals surface area contributed by atoms with Crippen molar-refractivity contribution < 1.29 is 14.3 Å². The summed E-state index contributed by atoms with van der Waals surface area (Å²) < 4.78 is 8.23. The lowest BCUT2D eigenvalue weighted by molar-refractivity contribution is -0.139. The molecule has 2 aromatic heterocycles. The van der Waals surface area contributed by atoms with Gasteiger partial charge in [0.25, 0.3) is 5.91 Å². The van der Waals surface area contributed by atoms with Gasteiger partial charge in [0, 0.05) is 61.9 Å². The third kappa shape index (κ3) is 7.77. The molecule has 2 aliphatic heterocycles. The number of amides is 2. The van der Waals surface area contributed by atoms with Crippen molar-refractivity contribution in [2.45, 2.75) is 77.3 Å². The van der Waals surface area contributed by atoms with Gasteiger partial charge in [-0.15, -0.1) is 0 Å². The number of rotatable bonds is 8. The number of nitriles is 1. The zero-order chi connectivity index (χ0) is 33.0. The summed E-state index contributed by atoms with van der Waals surface area (Å²) in [7, 11) is 0. The maximum atomic E-state index is 13.6. The van der Waals surface area contributed by atoms with Crippen LogP contribution in [-0.2, 0) is 4.79 Å². The van der Waals surface area contributed by atoms with Gasteiger partial charge in [-0.2, -0.15) is 5.26 Å². The number of benzene rings is 1. The Morgan fingerprint density at radius 2 is 1.68 bits per heavy atom. The number of carbonyl (C=O) groups is 2. The predicted molar refractivity (Wildman–Crippen MR) is 181 cm³/mol. The molecular formula is C36H48N8O3. The van der Waals surface area contributed by atoms with Crippen LogP contribution < -0.4 is 10.1 Å². The molecule has 0 spiro atoms. The normalized spacial score (nSPS) is 21.4. The Hall–Kier alpha value is -4.01. The van der Waals surface area contributed by atoms with Crippen LogP contribution in [-0.4, -0.2) is 99.0 Å². The van der Waals surface area contributed by atoms with Gasteiger partial charge in [0.15, 0.2) is 0 Å². The highest BCUT2D eigenvalue weighted by Gasteiger charge is 2.34. The molecule has 3 aromatic rings. The lowest BCUT2D eigenvalue weighted by Crippen LogP contribution is -2.55. The van der Waals surface area contributed by atoms with Crippen molar-refractivity contribution >= 4 is 28.8 Å². The van der Waals surface area contributed by atoms with E-state index in [9.17, 15) is 9.59 Å². The third-order valence-corrected chi connectivity index (χ3v) is 10.1. The van der Waals surface area contributed by atoms with Crippen molar-refractivity contribution in [2.75, 3.05) is 57.7 Å². The van der Waals surface area contributed by atoms with Crippen molar-refractivity contribution in [1.82, 2.24) is 29.2 Å². The number of hydrogen-bond donors (Lipinski definition) is 1. The topological polar surface area (TPSA) is 120 Å². The maximum absolute atomic E-state index is 13.6. The average molecular weight is 641 g/mol. The summed E-state index contributed by atoms with van der Waals surface area (Å²) >= 11 is 0. The van der Waals surface area contributed by atoms with E-state index in [0.29, 0.717) is 35.1 Å². The predicted octanol–water partition coefficient (Wildman–Crippen LogP) is 5.09. The Bertz CT molecular complexity index is 1580. The van der Waals surface area contributed by atoms with Crippen LogP contribution in [0.25, 0.3) is 11.0 Å². The van der Waals surface area contributed by atoms with E-state index in [0.717, 1.165) is 77.0 Å². The molecule has 11 heteroatoms. The maximum Gasteiger partial charge on any atom is 0.257 e. The number of hydrogen-bond acceptors (Lipinski definition) is 8. The van der Waals surface area contributed by atoms with Gasteiger partial charge in [-0.3, -0.25) is 24.7 Å². The highest BCUT2D eigenvalue weighted by molar-refractivity contribution is 6.04. The molecule has 3 fully saturated rings. The minimum atomic E-state index is -0.296. The second-order valence-corrected chi connectivity index (χ2v) is 14.2. The van der Waals surface area contributed by atoms with Crippen LogP contribution in [0.1, 0.15) is 87.7 Å². The molecular weight excluding hydrogens is 592 g/mol. The number of fused-ring (bicyclic) bond motifs is 1. The van der Waals surface area contributed by atoms with E-state index < -0.39 is 0 Å². The Morgan fingerprint density at radius 1 is 0.979 bits per heavy atom. The molecule has 1 aliphatic carbocycles. The molecule has 0 atom stereocenters. The zero-order valence-electron chi connectivity index (χ0n) is 28.1. The van der Waals surface area contributed by atoms with Gasteiger partial charge in [0.1, 0.15) is 12.1 Å². The van der Waals surface area contributed by atoms with Gasteiger partial charge in [0.05, 0.1) is 23.3 Å². The lowest BCUT2D eigenvalue weighted by Gasteiger charge is -2.43.